The lowest BCUT2D eigenvalue weighted by Gasteiger charge is -2.08. The Morgan fingerprint density at radius 3 is 3.06 bits per heavy atom. The minimum atomic E-state index is 0.248. The molecule has 0 radical (unpaired) electrons. The highest BCUT2D eigenvalue weighted by Crippen LogP contribution is 2.39. The number of anilines is 3. The van der Waals surface area contributed by atoms with E-state index >= 15 is 0 Å². The van der Waals surface area contributed by atoms with E-state index in [1.165, 1.54) is 0 Å². The Labute approximate surface area is 98.2 Å². The molecule has 0 amide bonds. The van der Waals surface area contributed by atoms with E-state index in [1.807, 2.05) is 18.2 Å². The number of fused-ring (bicyclic) bond motifs is 1. The standard InChI is InChI=1S/C12H11N3O2/c13-8-4-5-14-11(6-8)15-9-2-1-3-10-12(9)17-7-16-10/h1-6H,7H2,(H3,13,14,15). The minimum absolute atomic E-state index is 0.248. The molecule has 0 fully saturated rings. The monoisotopic (exact) mass is 229 g/mol. The van der Waals surface area contributed by atoms with E-state index in [0.717, 1.165) is 11.4 Å². The summed E-state index contributed by atoms with van der Waals surface area (Å²) in [4.78, 5) is 4.17. The van der Waals surface area contributed by atoms with Crippen molar-refractivity contribution in [2.24, 2.45) is 0 Å². The van der Waals surface area contributed by atoms with Crippen LogP contribution < -0.4 is 20.5 Å². The van der Waals surface area contributed by atoms with Crippen molar-refractivity contribution in [3.63, 3.8) is 0 Å². The van der Waals surface area contributed by atoms with Crippen LogP contribution in [0.4, 0.5) is 17.2 Å². The zero-order valence-electron chi connectivity index (χ0n) is 9.01. The fourth-order valence-electron chi connectivity index (χ4n) is 1.68. The van der Waals surface area contributed by atoms with E-state index in [-0.39, 0.29) is 6.79 Å². The summed E-state index contributed by atoms with van der Waals surface area (Å²) >= 11 is 0. The molecule has 0 bridgehead atoms. The zero-order valence-corrected chi connectivity index (χ0v) is 9.01. The van der Waals surface area contributed by atoms with Gasteiger partial charge in [0.2, 0.25) is 6.79 Å². The van der Waals surface area contributed by atoms with Gasteiger partial charge < -0.3 is 20.5 Å². The number of hydrogen-bond donors (Lipinski definition) is 2. The van der Waals surface area contributed by atoms with Gasteiger partial charge in [0.25, 0.3) is 0 Å². The molecule has 17 heavy (non-hydrogen) atoms. The van der Waals surface area contributed by atoms with Gasteiger partial charge in [0.05, 0.1) is 5.69 Å². The van der Waals surface area contributed by atoms with Crippen LogP contribution in [0.25, 0.3) is 0 Å². The zero-order chi connectivity index (χ0) is 11.7. The number of hydrogen-bond acceptors (Lipinski definition) is 5. The van der Waals surface area contributed by atoms with Gasteiger partial charge in [0, 0.05) is 18.0 Å². The third-order valence-corrected chi connectivity index (χ3v) is 2.44. The first-order valence-corrected chi connectivity index (χ1v) is 5.20. The summed E-state index contributed by atoms with van der Waals surface area (Å²) in [6, 6.07) is 9.15. The summed E-state index contributed by atoms with van der Waals surface area (Å²) in [6.07, 6.45) is 1.65. The van der Waals surface area contributed by atoms with Gasteiger partial charge in [0.1, 0.15) is 5.82 Å². The normalized spacial score (nSPS) is 12.5. The van der Waals surface area contributed by atoms with E-state index in [0.29, 0.717) is 17.3 Å². The number of pyridine rings is 1. The van der Waals surface area contributed by atoms with Gasteiger partial charge in [-0.3, -0.25) is 0 Å². The first-order chi connectivity index (χ1) is 8.33. The second-order valence-electron chi connectivity index (χ2n) is 3.64. The van der Waals surface area contributed by atoms with Crippen molar-refractivity contribution in [1.29, 1.82) is 0 Å². The largest absolute Gasteiger partial charge is 0.454 e. The Bertz CT molecular complexity index is 557. The first kappa shape index (κ1) is 9.77. The maximum atomic E-state index is 5.69. The Morgan fingerprint density at radius 1 is 1.24 bits per heavy atom. The molecule has 86 valence electrons. The summed E-state index contributed by atoms with van der Waals surface area (Å²) in [5.74, 6) is 2.12. The molecule has 0 unspecified atom stereocenters. The van der Waals surface area contributed by atoms with Crippen LogP contribution >= 0.6 is 0 Å². The van der Waals surface area contributed by atoms with E-state index in [4.69, 9.17) is 15.2 Å². The van der Waals surface area contributed by atoms with Gasteiger partial charge in [-0.1, -0.05) is 6.07 Å². The summed E-state index contributed by atoms with van der Waals surface area (Å²) in [6.45, 7) is 0.248. The molecule has 5 heteroatoms. The molecule has 0 aliphatic carbocycles. The second kappa shape index (κ2) is 3.86. The van der Waals surface area contributed by atoms with Crippen LogP contribution in [0, 0.1) is 0 Å². The van der Waals surface area contributed by atoms with E-state index in [1.54, 1.807) is 18.3 Å². The predicted octanol–water partition coefficient (Wildman–Crippen LogP) is 2.14. The van der Waals surface area contributed by atoms with Gasteiger partial charge in [-0.15, -0.1) is 0 Å². The number of ether oxygens (including phenoxy) is 2. The Morgan fingerprint density at radius 2 is 2.18 bits per heavy atom. The number of benzene rings is 1. The highest BCUT2D eigenvalue weighted by atomic mass is 16.7. The smallest absolute Gasteiger partial charge is 0.231 e. The quantitative estimate of drug-likeness (QED) is 0.825. The fourth-order valence-corrected chi connectivity index (χ4v) is 1.68. The maximum absolute atomic E-state index is 5.69. The lowest BCUT2D eigenvalue weighted by Crippen LogP contribution is -1.97. The van der Waals surface area contributed by atoms with E-state index < -0.39 is 0 Å². The summed E-state index contributed by atoms with van der Waals surface area (Å²) < 4.78 is 10.7. The maximum Gasteiger partial charge on any atom is 0.231 e. The summed E-state index contributed by atoms with van der Waals surface area (Å²) in [7, 11) is 0. The highest BCUT2D eigenvalue weighted by molar-refractivity contribution is 5.70. The van der Waals surface area contributed by atoms with Gasteiger partial charge in [-0.05, 0) is 18.2 Å². The molecule has 0 spiro atoms. The third kappa shape index (κ3) is 1.82. The van der Waals surface area contributed by atoms with Crippen LogP contribution in [0.3, 0.4) is 0 Å². The molecule has 1 aromatic carbocycles. The molecule has 3 N–H and O–H groups in total. The van der Waals surface area contributed by atoms with Crippen LogP contribution in [0.15, 0.2) is 36.5 Å². The average molecular weight is 229 g/mol. The van der Waals surface area contributed by atoms with Crippen molar-refractivity contribution in [1.82, 2.24) is 4.98 Å². The second-order valence-corrected chi connectivity index (χ2v) is 3.64. The molecule has 1 aromatic heterocycles. The van der Waals surface area contributed by atoms with Gasteiger partial charge >= 0.3 is 0 Å². The topological polar surface area (TPSA) is 69.4 Å². The first-order valence-electron chi connectivity index (χ1n) is 5.20. The molecular formula is C12H11N3O2. The van der Waals surface area contributed by atoms with Crippen molar-refractivity contribution in [3.8, 4) is 11.5 Å². The SMILES string of the molecule is Nc1ccnc(Nc2cccc3c2OCO3)c1. The fraction of sp³-hybridized carbons (Fsp3) is 0.0833. The summed E-state index contributed by atoms with van der Waals surface area (Å²) in [5, 5.41) is 3.15. The van der Waals surface area contributed by atoms with Crippen molar-refractivity contribution >= 4 is 17.2 Å². The van der Waals surface area contributed by atoms with Crippen molar-refractivity contribution < 1.29 is 9.47 Å². The number of nitrogens with two attached hydrogens (primary N) is 1. The van der Waals surface area contributed by atoms with Crippen molar-refractivity contribution in [3.05, 3.63) is 36.5 Å². The number of nitrogens with zero attached hydrogens (tertiary/aromatic N) is 1. The van der Waals surface area contributed by atoms with E-state index in [2.05, 4.69) is 10.3 Å². The molecule has 2 aromatic rings. The van der Waals surface area contributed by atoms with Crippen LogP contribution in [0.2, 0.25) is 0 Å². The molecule has 5 nitrogen and oxygen atoms in total. The molecule has 0 atom stereocenters. The molecule has 0 saturated heterocycles. The average Bonchev–Trinajstić information content (AvgIpc) is 2.78. The number of nitrogen functional groups attached to an aromatic ring is 1. The summed E-state index contributed by atoms with van der Waals surface area (Å²) in [5.41, 5.74) is 7.17. The van der Waals surface area contributed by atoms with Crippen LogP contribution in [-0.2, 0) is 0 Å². The van der Waals surface area contributed by atoms with Crippen LogP contribution in [0.1, 0.15) is 0 Å². The van der Waals surface area contributed by atoms with E-state index in [9.17, 15) is 0 Å². The van der Waals surface area contributed by atoms with Gasteiger partial charge in [-0.25, -0.2) is 4.98 Å². The highest BCUT2D eigenvalue weighted by Gasteiger charge is 2.17. The molecule has 0 saturated carbocycles. The number of rotatable bonds is 2. The van der Waals surface area contributed by atoms with Gasteiger partial charge in [0.15, 0.2) is 11.5 Å². The number of aromatic nitrogens is 1. The molecular weight excluding hydrogens is 218 g/mol. The third-order valence-electron chi connectivity index (χ3n) is 2.44. The number of nitrogens with one attached hydrogen (secondary N) is 1. The lowest BCUT2D eigenvalue weighted by molar-refractivity contribution is 0.174. The number of para-hydroxylation sites is 1. The molecule has 3 rings (SSSR count). The van der Waals surface area contributed by atoms with Crippen molar-refractivity contribution in [2.45, 2.75) is 0 Å². The molecule has 1 aliphatic heterocycles. The van der Waals surface area contributed by atoms with Crippen molar-refractivity contribution in [2.75, 3.05) is 17.8 Å². The molecule has 2 heterocycles. The Hall–Kier alpha value is -2.43. The van der Waals surface area contributed by atoms with Crippen LogP contribution in [-0.4, -0.2) is 11.8 Å². The minimum Gasteiger partial charge on any atom is -0.454 e. The Kier molecular flexibility index (Phi) is 2.22. The predicted molar refractivity (Wildman–Crippen MR) is 64.5 cm³/mol. The van der Waals surface area contributed by atoms with Crippen LogP contribution in [0.5, 0.6) is 11.5 Å². The van der Waals surface area contributed by atoms with Gasteiger partial charge in [-0.2, -0.15) is 0 Å². The Balaban J connectivity index is 1.93. The molecule has 1 aliphatic rings. The lowest BCUT2D eigenvalue weighted by atomic mass is 10.2.